The van der Waals surface area contributed by atoms with Crippen LogP contribution in [0, 0.1) is 6.92 Å². The highest BCUT2D eigenvalue weighted by Gasteiger charge is 2.30. The minimum Gasteiger partial charge on any atom is -0.494 e. The van der Waals surface area contributed by atoms with Crippen molar-refractivity contribution in [2.24, 2.45) is 0 Å². The summed E-state index contributed by atoms with van der Waals surface area (Å²) in [5.74, 6) is 0.498. The zero-order valence-electron chi connectivity index (χ0n) is 20.4. The van der Waals surface area contributed by atoms with Gasteiger partial charge in [-0.25, -0.2) is 0 Å². The summed E-state index contributed by atoms with van der Waals surface area (Å²) in [6, 6.07) is 24.4. The van der Waals surface area contributed by atoms with E-state index in [-0.39, 0.29) is 24.8 Å². The van der Waals surface area contributed by atoms with Crippen molar-refractivity contribution >= 4 is 23.4 Å². The van der Waals surface area contributed by atoms with E-state index < -0.39 is 6.04 Å². The van der Waals surface area contributed by atoms with Crippen LogP contribution in [0.3, 0.4) is 0 Å². The molecule has 2 amide bonds. The van der Waals surface area contributed by atoms with Gasteiger partial charge in [0.15, 0.2) is 0 Å². The number of likely N-dealkylation sites (N-methyl/N-ethyl adjacent to an activating group) is 1. The molecule has 0 aliphatic heterocycles. The number of benzene rings is 3. The highest BCUT2D eigenvalue weighted by molar-refractivity contribution is 6.31. The van der Waals surface area contributed by atoms with E-state index in [2.05, 4.69) is 5.32 Å². The molecule has 35 heavy (non-hydrogen) atoms. The number of carbonyl (C=O) groups is 2. The van der Waals surface area contributed by atoms with Gasteiger partial charge in [-0.05, 0) is 49.6 Å². The first-order chi connectivity index (χ1) is 17.0. The van der Waals surface area contributed by atoms with Crippen molar-refractivity contribution in [3.8, 4) is 5.75 Å². The Bertz CT molecular complexity index is 1090. The number of carbonyl (C=O) groups excluding carboxylic acids is 2. The molecule has 3 aromatic rings. The SMILES string of the molecule is CCNC(=O)[C@@H](Cc1ccccc1)N(Cc1ccccc1Cl)C(=O)CCCOc1ccc(C)cc1. The van der Waals surface area contributed by atoms with E-state index in [1.165, 1.54) is 0 Å². The second-order valence-electron chi connectivity index (χ2n) is 8.48. The molecule has 0 fully saturated rings. The van der Waals surface area contributed by atoms with Gasteiger partial charge in [-0.1, -0.05) is 77.8 Å². The molecule has 3 aromatic carbocycles. The number of nitrogens with one attached hydrogen (secondary N) is 1. The van der Waals surface area contributed by atoms with Gasteiger partial charge in [0.1, 0.15) is 11.8 Å². The van der Waals surface area contributed by atoms with Gasteiger partial charge in [0.05, 0.1) is 6.61 Å². The number of ether oxygens (including phenoxy) is 1. The highest BCUT2D eigenvalue weighted by Crippen LogP contribution is 2.21. The fraction of sp³-hybridized carbons (Fsp3) is 0.310. The maximum absolute atomic E-state index is 13.5. The molecule has 0 aromatic heterocycles. The lowest BCUT2D eigenvalue weighted by atomic mass is 10.0. The van der Waals surface area contributed by atoms with Crippen molar-refractivity contribution < 1.29 is 14.3 Å². The van der Waals surface area contributed by atoms with Crippen LogP contribution < -0.4 is 10.1 Å². The van der Waals surface area contributed by atoms with Crippen LogP contribution in [0.15, 0.2) is 78.9 Å². The summed E-state index contributed by atoms with van der Waals surface area (Å²) in [6.07, 6.45) is 1.23. The first-order valence-electron chi connectivity index (χ1n) is 12.0. The van der Waals surface area contributed by atoms with Gasteiger partial charge in [-0.3, -0.25) is 9.59 Å². The van der Waals surface area contributed by atoms with Crippen LogP contribution in [0.2, 0.25) is 5.02 Å². The Labute approximate surface area is 213 Å². The number of halogens is 1. The molecule has 0 saturated carbocycles. The van der Waals surface area contributed by atoms with Crippen LogP contribution in [-0.2, 0) is 22.6 Å². The smallest absolute Gasteiger partial charge is 0.243 e. The van der Waals surface area contributed by atoms with Crippen LogP contribution in [0.4, 0.5) is 0 Å². The summed E-state index contributed by atoms with van der Waals surface area (Å²) in [7, 11) is 0. The molecule has 0 bridgehead atoms. The second-order valence-corrected chi connectivity index (χ2v) is 8.89. The maximum atomic E-state index is 13.5. The van der Waals surface area contributed by atoms with Gasteiger partial charge < -0.3 is 15.0 Å². The van der Waals surface area contributed by atoms with E-state index in [1.807, 2.05) is 86.6 Å². The molecule has 184 valence electrons. The molecule has 0 aliphatic rings. The molecule has 0 radical (unpaired) electrons. The van der Waals surface area contributed by atoms with Gasteiger partial charge in [0, 0.05) is 31.0 Å². The average Bonchev–Trinajstić information content (AvgIpc) is 2.86. The molecule has 0 aliphatic carbocycles. The van der Waals surface area contributed by atoms with E-state index in [1.54, 1.807) is 11.0 Å². The van der Waals surface area contributed by atoms with Crippen molar-refractivity contribution in [2.75, 3.05) is 13.2 Å². The van der Waals surface area contributed by atoms with Gasteiger partial charge in [-0.15, -0.1) is 0 Å². The highest BCUT2D eigenvalue weighted by atomic mass is 35.5. The zero-order valence-corrected chi connectivity index (χ0v) is 21.1. The predicted molar refractivity (Wildman–Crippen MR) is 141 cm³/mol. The lowest BCUT2D eigenvalue weighted by Gasteiger charge is -2.32. The molecule has 6 heteroatoms. The van der Waals surface area contributed by atoms with Crippen molar-refractivity contribution in [3.05, 3.63) is 101 Å². The fourth-order valence-corrected chi connectivity index (χ4v) is 4.04. The summed E-state index contributed by atoms with van der Waals surface area (Å²) >= 11 is 6.43. The monoisotopic (exact) mass is 492 g/mol. The number of aryl methyl sites for hydroxylation is 1. The molecule has 1 atom stereocenters. The van der Waals surface area contributed by atoms with E-state index in [0.717, 1.165) is 22.4 Å². The van der Waals surface area contributed by atoms with Crippen molar-refractivity contribution in [1.29, 1.82) is 0 Å². The molecule has 0 heterocycles. The molecule has 0 spiro atoms. The Morgan fingerprint density at radius 3 is 2.34 bits per heavy atom. The van der Waals surface area contributed by atoms with Gasteiger partial charge in [-0.2, -0.15) is 0 Å². The number of nitrogens with zero attached hydrogens (tertiary/aromatic N) is 1. The van der Waals surface area contributed by atoms with Crippen LogP contribution in [0.5, 0.6) is 5.75 Å². The minimum absolute atomic E-state index is 0.107. The lowest BCUT2D eigenvalue weighted by Crippen LogP contribution is -2.50. The van der Waals surface area contributed by atoms with Crippen molar-refractivity contribution in [1.82, 2.24) is 10.2 Å². The second kappa shape index (κ2) is 13.5. The molecular formula is C29H33ClN2O3. The first-order valence-corrected chi connectivity index (χ1v) is 12.4. The summed E-state index contributed by atoms with van der Waals surface area (Å²) in [6.45, 7) is 5.06. The van der Waals surface area contributed by atoms with E-state index in [9.17, 15) is 9.59 Å². The number of rotatable bonds is 12. The first kappa shape index (κ1) is 26.3. The van der Waals surface area contributed by atoms with Crippen molar-refractivity contribution in [2.45, 2.75) is 45.7 Å². The number of hydrogen-bond acceptors (Lipinski definition) is 3. The molecule has 0 saturated heterocycles. The third-order valence-electron chi connectivity index (χ3n) is 5.75. The van der Waals surface area contributed by atoms with Crippen LogP contribution >= 0.6 is 11.6 Å². The minimum atomic E-state index is -0.654. The standard InChI is InChI=1S/C29H33ClN2O3/c1-3-31-29(34)27(20-23-10-5-4-6-11-23)32(21-24-12-7-8-13-26(24)30)28(33)14-9-19-35-25-17-15-22(2)16-18-25/h4-8,10-13,15-18,27H,3,9,14,19-21H2,1-2H3,(H,31,34)/t27-/m1/s1. The van der Waals surface area contributed by atoms with Crippen LogP contribution in [-0.4, -0.2) is 35.9 Å². The van der Waals surface area contributed by atoms with Crippen molar-refractivity contribution in [3.63, 3.8) is 0 Å². The van der Waals surface area contributed by atoms with Gasteiger partial charge in [0.2, 0.25) is 11.8 Å². The van der Waals surface area contributed by atoms with E-state index >= 15 is 0 Å². The fourth-order valence-electron chi connectivity index (χ4n) is 3.85. The molecule has 5 nitrogen and oxygen atoms in total. The predicted octanol–water partition coefficient (Wildman–Crippen LogP) is 5.58. The quantitative estimate of drug-likeness (QED) is 0.335. The normalized spacial score (nSPS) is 11.5. The molecule has 0 unspecified atom stereocenters. The van der Waals surface area contributed by atoms with E-state index in [0.29, 0.717) is 31.0 Å². The maximum Gasteiger partial charge on any atom is 0.243 e. The Kier molecular flexibility index (Phi) is 10.2. The molecule has 1 N–H and O–H groups in total. The Morgan fingerprint density at radius 1 is 0.971 bits per heavy atom. The number of amides is 2. The largest absolute Gasteiger partial charge is 0.494 e. The molecule has 3 rings (SSSR count). The number of hydrogen-bond donors (Lipinski definition) is 1. The van der Waals surface area contributed by atoms with Gasteiger partial charge in [0.25, 0.3) is 0 Å². The molecular weight excluding hydrogens is 460 g/mol. The van der Waals surface area contributed by atoms with Crippen LogP contribution in [0.1, 0.15) is 36.5 Å². The van der Waals surface area contributed by atoms with E-state index in [4.69, 9.17) is 16.3 Å². The average molecular weight is 493 g/mol. The summed E-state index contributed by atoms with van der Waals surface area (Å²) in [5, 5.41) is 3.48. The summed E-state index contributed by atoms with van der Waals surface area (Å²) in [4.78, 5) is 28.3. The lowest BCUT2D eigenvalue weighted by molar-refractivity contribution is -0.141. The third-order valence-corrected chi connectivity index (χ3v) is 6.11. The van der Waals surface area contributed by atoms with Crippen LogP contribution in [0.25, 0.3) is 0 Å². The summed E-state index contributed by atoms with van der Waals surface area (Å²) < 4.78 is 5.80. The van der Waals surface area contributed by atoms with Gasteiger partial charge >= 0.3 is 0 Å². The third kappa shape index (κ3) is 8.15. The summed E-state index contributed by atoms with van der Waals surface area (Å²) in [5.41, 5.74) is 2.96. The zero-order chi connectivity index (χ0) is 25.0. The Balaban J connectivity index is 1.77. The Morgan fingerprint density at radius 2 is 1.66 bits per heavy atom. The Hall–Kier alpha value is -3.31. The topological polar surface area (TPSA) is 58.6 Å².